The summed E-state index contributed by atoms with van der Waals surface area (Å²) in [5, 5.41) is 103. The maximum atomic E-state index is 14.1. The number of Topliss-reactive ketones (excluding diaryl/α,β-unsaturated/α-hetero) is 6. The molecule has 4 rings (SSSR count). The second-order valence-corrected chi connectivity index (χ2v) is 33.0. The molecular formula is C83H146N2O28. The number of rotatable bonds is 66. The highest BCUT2D eigenvalue weighted by atomic mass is 16.7. The Morgan fingerprint density at radius 1 is 0.372 bits per heavy atom. The van der Waals surface area contributed by atoms with Gasteiger partial charge in [-0.2, -0.15) is 0 Å². The van der Waals surface area contributed by atoms with Crippen LogP contribution in [0, 0.1) is 17.8 Å². The molecule has 0 saturated carbocycles. The minimum absolute atomic E-state index is 0.0000717. The number of ketones is 6. The van der Waals surface area contributed by atoms with Gasteiger partial charge < -0.3 is 109 Å². The molecule has 4 aliphatic heterocycles. The Bertz CT molecular complexity index is 2450. The van der Waals surface area contributed by atoms with Crippen LogP contribution in [0.3, 0.4) is 0 Å². The van der Waals surface area contributed by atoms with Gasteiger partial charge in [0.2, 0.25) is 11.8 Å². The highest BCUT2D eigenvalue weighted by molar-refractivity contribution is 5.81. The third kappa shape index (κ3) is 41.1. The number of hydrogen-bond donors (Lipinski definition) is 11. The van der Waals surface area contributed by atoms with Crippen LogP contribution in [0.4, 0.5) is 0 Å². The maximum absolute atomic E-state index is 14.1. The highest BCUT2D eigenvalue weighted by Gasteiger charge is 2.45. The van der Waals surface area contributed by atoms with Crippen LogP contribution in [0.1, 0.15) is 273 Å². The molecule has 113 heavy (non-hydrogen) atoms. The molecule has 30 heteroatoms. The van der Waals surface area contributed by atoms with Crippen molar-refractivity contribution >= 4 is 46.5 Å². The Labute approximate surface area is 670 Å². The standard InChI is InChI=1S/C83H146N2O28/c1-57-73(98)76(101)68(50-86)111-79(57)107-42-25-22-34-61(89)28-14-11-17-31-64(92)39-45-104-54-83(84-71(96)37-20-9-7-8-10-21-38-72(97)85-49-67(95)48-60(85)53-110-82(4,5)6,55-105-46-40-65(93)32-18-12-15-29-62(90)35-23-26-43-108-80-58(2)74(99)77(102)69(51-87)112-80)56-106-47-41-66(94)33-19-13-16-30-63(91)36-24-27-44-109-81-59(3)75(100)78(103)70(52-88)113-81/h57-60,67-70,73-81,86-88,95,98-103H,7-56H2,1-6H3,(H,84,96)/t57?,58?,59?,60-,67+,68?,69?,70?,73?,74?,75?,76?,77?,78?,79?,80?,81?,83?/m0/s1. The number of amides is 2. The lowest BCUT2D eigenvalue weighted by molar-refractivity contribution is -0.282. The van der Waals surface area contributed by atoms with Gasteiger partial charge in [-0.25, -0.2) is 0 Å². The van der Waals surface area contributed by atoms with Crippen LogP contribution >= 0.6 is 0 Å². The molecule has 0 bridgehead atoms. The predicted molar refractivity (Wildman–Crippen MR) is 415 cm³/mol. The lowest BCUT2D eigenvalue weighted by Gasteiger charge is -2.40. The zero-order valence-corrected chi connectivity index (χ0v) is 68.9. The van der Waals surface area contributed by atoms with E-state index in [1.165, 1.54) is 0 Å². The number of carbonyl (C=O) groups excluding carboxylic acids is 8. The van der Waals surface area contributed by atoms with E-state index >= 15 is 0 Å². The van der Waals surface area contributed by atoms with Gasteiger partial charge in [0, 0.05) is 134 Å². The van der Waals surface area contributed by atoms with Crippen molar-refractivity contribution in [3.05, 3.63) is 0 Å². The Morgan fingerprint density at radius 2 is 0.655 bits per heavy atom. The fourth-order valence-corrected chi connectivity index (χ4v) is 14.4. The molecule has 4 saturated heterocycles. The van der Waals surface area contributed by atoms with Gasteiger partial charge in [0.1, 0.15) is 76.9 Å². The summed E-state index contributed by atoms with van der Waals surface area (Å²) >= 11 is 0. The van der Waals surface area contributed by atoms with Crippen molar-refractivity contribution < 1.29 is 137 Å². The molecular weight excluding hydrogens is 1470 g/mol. The fraction of sp³-hybridized carbons (Fsp3) is 0.904. The summed E-state index contributed by atoms with van der Waals surface area (Å²) in [7, 11) is 0. The smallest absolute Gasteiger partial charge is 0.222 e. The maximum Gasteiger partial charge on any atom is 0.222 e. The topological polar surface area (TPSA) is 446 Å². The Hall–Kier alpha value is -3.84. The number of ether oxygens (including phenoxy) is 10. The molecule has 11 N–H and O–H groups in total. The van der Waals surface area contributed by atoms with E-state index in [0.717, 1.165) is 25.7 Å². The van der Waals surface area contributed by atoms with Crippen LogP contribution in [0.5, 0.6) is 0 Å². The van der Waals surface area contributed by atoms with Crippen molar-refractivity contribution in [3.63, 3.8) is 0 Å². The Kier molecular flexibility index (Phi) is 51.5. The average Bonchev–Trinajstić information content (AvgIpc) is 1.53. The van der Waals surface area contributed by atoms with Crippen molar-refractivity contribution in [1.29, 1.82) is 0 Å². The summed E-state index contributed by atoms with van der Waals surface area (Å²) in [4.78, 5) is 107. The number of aliphatic hydroxyl groups excluding tert-OH is 10. The molecule has 2 amide bonds. The van der Waals surface area contributed by atoms with Crippen LogP contribution < -0.4 is 5.32 Å². The number of likely N-dealkylation sites (tertiary alicyclic amines) is 1. The number of β-amino-alcohol motifs (C(OH)–C–C–N with tert-alkyl or cyclic N) is 1. The Morgan fingerprint density at radius 3 is 0.973 bits per heavy atom. The van der Waals surface area contributed by atoms with Crippen LogP contribution in [-0.4, -0.2) is 292 Å². The first-order valence-corrected chi connectivity index (χ1v) is 42.5. The first kappa shape index (κ1) is 102. The second kappa shape index (κ2) is 57.4. The molecule has 30 nitrogen and oxygen atoms in total. The minimum atomic E-state index is -1.32. The van der Waals surface area contributed by atoms with Crippen LogP contribution in [0.2, 0.25) is 0 Å². The van der Waals surface area contributed by atoms with Crippen molar-refractivity contribution in [2.24, 2.45) is 17.8 Å². The highest BCUT2D eigenvalue weighted by Crippen LogP contribution is 2.31. The number of nitrogens with zero attached hydrogens (tertiary/aromatic N) is 1. The normalized spacial score (nSPS) is 26.7. The van der Waals surface area contributed by atoms with Crippen LogP contribution in [-0.2, 0) is 85.7 Å². The largest absolute Gasteiger partial charge is 0.394 e. The molecule has 17 atom stereocenters. The van der Waals surface area contributed by atoms with Gasteiger partial charge >= 0.3 is 0 Å². The second-order valence-electron chi connectivity index (χ2n) is 33.0. The summed E-state index contributed by atoms with van der Waals surface area (Å²) in [6.07, 6.45) is 4.89. The number of hydrogen-bond acceptors (Lipinski definition) is 28. The van der Waals surface area contributed by atoms with E-state index in [9.17, 15) is 89.4 Å². The summed E-state index contributed by atoms with van der Waals surface area (Å²) in [6.45, 7) is 10.6. The van der Waals surface area contributed by atoms with Crippen molar-refractivity contribution in [3.8, 4) is 0 Å². The molecule has 0 aromatic rings. The van der Waals surface area contributed by atoms with E-state index in [-0.39, 0.29) is 163 Å². The van der Waals surface area contributed by atoms with Gasteiger partial charge in [0.05, 0.1) is 102 Å². The van der Waals surface area contributed by atoms with E-state index in [0.29, 0.717) is 174 Å². The van der Waals surface area contributed by atoms with Gasteiger partial charge in [-0.15, -0.1) is 0 Å². The van der Waals surface area contributed by atoms with Crippen molar-refractivity contribution in [1.82, 2.24) is 10.2 Å². The summed E-state index contributed by atoms with van der Waals surface area (Å²) in [5.74, 6) is -1.68. The monoisotopic (exact) mass is 1620 g/mol. The van der Waals surface area contributed by atoms with Gasteiger partial charge in [0.15, 0.2) is 18.9 Å². The van der Waals surface area contributed by atoms with Crippen molar-refractivity contribution in [2.75, 3.05) is 92.4 Å². The molecule has 0 spiro atoms. The van der Waals surface area contributed by atoms with E-state index in [2.05, 4.69) is 5.32 Å². The lowest BCUT2D eigenvalue weighted by Crippen LogP contribution is -2.58. The zero-order chi connectivity index (χ0) is 83.1. The van der Waals surface area contributed by atoms with E-state index < -0.39 is 123 Å². The molecule has 0 aliphatic carbocycles. The lowest BCUT2D eigenvalue weighted by atomic mass is 9.92. The fourth-order valence-electron chi connectivity index (χ4n) is 14.4. The quantitative estimate of drug-likeness (QED) is 0.0310. The number of aliphatic hydroxyl groups is 10. The van der Waals surface area contributed by atoms with Gasteiger partial charge in [-0.1, -0.05) is 65.7 Å². The molecule has 0 aromatic carbocycles. The zero-order valence-electron chi connectivity index (χ0n) is 68.9. The minimum Gasteiger partial charge on any atom is -0.394 e. The summed E-state index contributed by atoms with van der Waals surface area (Å²) in [6, 6.07) is -0.170. The van der Waals surface area contributed by atoms with Crippen LogP contribution in [0.25, 0.3) is 0 Å². The predicted octanol–water partition coefficient (Wildman–Crippen LogP) is 6.01. The van der Waals surface area contributed by atoms with Crippen LogP contribution in [0.15, 0.2) is 0 Å². The molecule has 0 aromatic heterocycles. The van der Waals surface area contributed by atoms with E-state index in [4.69, 9.17) is 47.4 Å². The van der Waals surface area contributed by atoms with Gasteiger partial charge in [-0.05, 0) is 117 Å². The van der Waals surface area contributed by atoms with Gasteiger partial charge in [-0.3, -0.25) is 38.4 Å². The summed E-state index contributed by atoms with van der Waals surface area (Å²) < 4.78 is 58.7. The third-order valence-corrected chi connectivity index (χ3v) is 21.8. The third-order valence-electron chi connectivity index (χ3n) is 21.8. The number of carbonyl (C=O) groups is 8. The van der Waals surface area contributed by atoms with Gasteiger partial charge in [0.25, 0.3) is 0 Å². The molecule has 15 unspecified atom stereocenters. The first-order valence-electron chi connectivity index (χ1n) is 42.5. The SMILES string of the molecule is CC1C(OCCCCC(=O)CCCCCC(=O)CCOCC(COCCC(=O)CCCCCC(=O)CCCCOC2OC(CO)C(O)C(O)C2C)(COCCC(=O)CCCCCC(=O)CCCCOC2OC(CO)C(O)C(O)C2C)NC(=O)CCCCCCCCC(=O)N2C[C@H](O)C[C@H]2COC(C)(C)C)OC(CO)C(O)C1O. The number of nitrogens with one attached hydrogen (secondary N) is 1. The van der Waals surface area contributed by atoms with Crippen molar-refractivity contribution in [2.45, 2.75) is 370 Å². The molecule has 4 aliphatic rings. The van der Waals surface area contributed by atoms with E-state index in [1.807, 2.05) is 20.8 Å². The summed E-state index contributed by atoms with van der Waals surface area (Å²) in [5.41, 5.74) is -1.69. The first-order chi connectivity index (χ1) is 54.0. The average molecular weight is 1620 g/mol. The molecule has 656 valence electrons. The Balaban J connectivity index is 1.28. The number of unbranched alkanes of at least 4 members (excludes halogenated alkanes) is 14. The van der Waals surface area contributed by atoms with E-state index in [1.54, 1.807) is 25.7 Å². The molecule has 4 fully saturated rings. The molecule has 4 heterocycles. The molecule has 0 radical (unpaired) electrons.